The molecule has 2 N–H and O–H groups in total. The fourth-order valence-corrected chi connectivity index (χ4v) is 2.18. The van der Waals surface area contributed by atoms with Gasteiger partial charge in [-0.1, -0.05) is 12.8 Å². The lowest BCUT2D eigenvalue weighted by Crippen LogP contribution is -2.42. The summed E-state index contributed by atoms with van der Waals surface area (Å²) in [5.74, 6) is -0.893. The van der Waals surface area contributed by atoms with E-state index >= 15 is 0 Å². The number of hydrogen-bond acceptors (Lipinski definition) is 3. The third-order valence-corrected chi connectivity index (χ3v) is 3.30. The number of carboxylic acids is 1. The Labute approximate surface area is 114 Å². The van der Waals surface area contributed by atoms with Crippen LogP contribution in [-0.2, 0) is 9.53 Å². The first-order valence-electron chi connectivity index (χ1n) is 6.99. The number of nitrogens with one attached hydrogen (secondary N) is 1. The second-order valence-electron chi connectivity index (χ2n) is 4.73. The van der Waals surface area contributed by atoms with Gasteiger partial charge in [-0.15, -0.1) is 0 Å². The van der Waals surface area contributed by atoms with Gasteiger partial charge >= 0.3 is 12.0 Å². The minimum atomic E-state index is -0.893. The van der Waals surface area contributed by atoms with E-state index < -0.39 is 5.97 Å². The molecule has 0 aliphatic heterocycles. The van der Waals surface area contributed by atoms with Gasteiger partial charge in [0.25, 0.3) is 0 Å². The molecule has 19 heavy (non-hydrogen) atoms. The maximum atomic E-state index is 11.7. The highest BCUT2D eigenvalue weighted by atomic mass is 16.5. The molecule has 0 aromatic heterocycles. The molecule has 110 valence electrons. The maximum absolute atomic E-state index is 11.7. The van der Waals surface area contributed by atoms with Gasteiger partial charge in [-0.2, -0.15) is 0 Å². The molecule has 1 aliphatic carbocycles. The van der Waals surface area contributed by atoms with E-state index in [0.717, 1.165) is 12.8 Å². The molecule has 1 saturated carbocycles. The number of aliphatic carboxylic acids is 1. The molecule has 6 nitrogen and oxygen atoms in total. The summed E-state index contributed by atoms with van der Waals surface area (Å²) in [6, 6.07) is -0.223. The molecule has 0 aromatic rings. The number of ether oxygens (including phenoxy) is 1. The number of amides is 2. The number of carbonyl (C=O) groups is 2. The first kappa shape index (κ1) is 15.8. The predicted octanol–water partition coefficient (Wildman–Crippen LogP) is 1.45. The molecule has 0 bridgehead atoms. The highest BCUT2D eigenvalue weighted by Gasteiger charge is 2.15. The predicted molar refractivity (Wildman–Crippen MR) is 71.1 cm³/mol. The number of urea groups is 1. The Balaban J connectivity index is 2.11. The third-order valence-electron chi connectivity index (χ3n) is 3.30. The second-order valence-corrected chi connectivity index (χ2v) is 4.73. The van der Waals surface area contributed by atoms with Crippen LogP contribution in [0.2, 0.25) is 0 Å². The molecule has 0 aromatic carbocycles. The van der Waals surface area contributed by atoms with E-state index in [-0.39, 0.29) is 19.0 Å². The van der Waals surface area contributed by atoms with Crippen molar-refractivity contribution >= 4 is 12.0 Å². The number of rotatable bonds is 8. The molecule has 0 atom stereocenters. The molecule has 0 heterocycles. The van der Waals surface area contributed by atoms with Crippen LogP contribution in [0.3, 0.4) is 0 Å². The summed E-state index contributed by atoms with van der Waals surface area (Å²) >= 11 is 0. The zero-order valence-corrected chi connectivity index (χ0v) is 11.6. The van der Waals surface area contributed by atoms with Gasteiger partial charge in [0.2, 0.25) is 0 Å². The lowest BCUT2D eigenvalue weighted by atomic mass is 10.3. The summed E-state index contributed by atoms with van der Waals surface area (Å²) in [6.45, 7) is 3.56. The SMILES string of the molecule is CCN(CCC(=O)O)C(=O)NCCOC1CCCC1. The summed E-state index contributed by atoms with van der Waals surface area (Å²) in [7, 11) is 0. The van der Waals surface area contributed by atoms with Crippen molar-refractivity contribution in [2.24, 2.45) is 0 Å². The van der Waals surface area contributed by atoms with Crippen molar-refractivity contribution in [2.75, 3.05) is 26.2 Å². The Kier molecular flexibility index (Phi) is 7.25. The molecule has 0 spiro atoms. The largest absolute Gasteiger partial charge is 0.481 e. The van der Waals surface area contributed by atoms with Gasteiger partial charge in [-0.3, -0.25) is 4.79 Å². The van der Waals surface area contributed by atoms with Crippen LogP contribution in [0.25, 0.3) is 0 Å². The molecule has 0 unspecified atom stereocenters. The fourth-order valence-electron chi connectivity index (χ4n) is 2.18. The Morgan fingerprint density at radius 2 is 2.05 bits per heavy atom. The normalized spacial score (nSPS) is 15.4. The molecule has 1 fully saturated rings. The van der Waals surface area contributed by atoms with Gasteiger partial charge in [0.15, 0.2) is 0 Å². The van der Waals surface area contributed by atoms with Crippen molar-refractivity contribution in [3.63, 3.8) is 0 Å². The van der Waals surface area contributed by atoms with Crippen molar-refractivity contribution in [1.29, 1.82) is 0 Å². The fraction of sp³-hybridized carbons (Fsp3) is 0.846. The first-order chi connectivity index (χ1) is 9.13. The van der Waals surface area contributed by atoms with Gasteiger partial charge < -0.3 is 20.1 Å². The standard InChI is InChI=1S/C13H24N2O4/c1-2-15(9-7-12(16)17)13(18)14-8-10-19-11-5-3-4-6-11/h11H,2-10H2,1H3,(H,14,18)(H,16,17). The number of carboxylic acid groups (broad SMARTS) is 1. The van der Waals surface area contributed by atoms with Crippen molar-refractivity contribution in [2.45, 2.75) is 45.1 Å². The molecular weight excluding hydrogens is 248 g/mol. The van der Waals surface area contributed by atoms with Gasteiger partial charge in [-0.25, -0.2) is 4.79 Å². The van der Waals surface area contributed by atoms with Crippen LogP contribution in [0, 0.1) is 0 Å². The minimum absolute atomic E-state index is 0.0279. The maximum Gasteiger partial charge on any atom is 0.317 e. The van der Waals surface area contributed by atoms with Crippen LogP contribution < -0.4 is 5.32 Å². The zero-order valence-electron chi connectivity index (χ0n) is 11.6. The average Bonchev–Trinajstić information content (AvgIpc) is 2.88. The molecule has 6 heteroatoms. The second kappa shape index (κ2) is 8.74. The van der Waals surface area contributed by atoms with Gasteiger partial charge in [-0.05, 0) is 19.8 Å². The summed E-state index contributed by atoms with van der Waals surface area (Å²) in [5, 5.41) is 11.3. The van der Waals surface area contributed by atoms with E-state index in [1.54, 1.807) is 0 Å². The highest BCUT2D eigenvalue weighted by Crippen LogP contribution is 2.20. The summed E-state index contributed by atoms with van der Waals surface area (Å²) in [4.78, 5) is 23.7. The monoisotopic (exact) mass is 272 g/mol. The number of nitrogens with zero attached hydrogens (tertiary/aromatic N) is 1. The molecule has 1 aliphatic rings. The van der Waals surface area contributed by atoms with E-state index in [9.17, 15) is 9.59 Å². The number of carbonyl (C=O) groups excluding carboxylic acids is 1. The van der Waals surface area contributed by atoms with Gasteiger partial charge in [0.1, 0.15) is 0 Å². The third kappa shape index (κ3) is 6.42. The summed E-state index contributed by atoms with van der Waals surface area (Å²) in [5.41, 5.74) is 0. The van der Waals surface area contributed by atoms with Crippen LogP contribution in [0.5, 0.6) is 0 Å². The quantitative estimate of drug-likeness (QED) is 0.655. The first-order valence-corrected chi connectivity index (χ1v) is 6.99. The van der Waals surface area contributed by atoms with Crippen molar-refractivity contribution in [3.8, 4) is 0 Å². The topological polar surface area (TPSA) is 78.9 Å². The zero-order chi connectivity index (χ0) is 14.1. The summed E-state index contributed by atoms with van der Waals surface area (Å²) < 4.78 is 5.64. The van der Waals surface area contributed by atoms with Crippen LogP contribution >= 0.6 is 0 Å². The van der Waals surface area contributed by atoms with Crippen LogP contribution in [0.1, 0.15) is 39.0 Å². The van der Waals surface area contributed by atoms with E-state index in [0.29, 0.717) is 25.8 Å². The Bertz CT molecular complexity index is 290. The molecule has 0 radical (unpaired) electrons. The molecule has 1 rings (SSSR count). The van der Waals surface area contributed by atoms with Gasteiger partial charge in [0, 0.05) is 19.6 Å². The van der Waals surface area contributed by atoms with E-state index in [4.69, 9.17) is 9.84 Å². The van der Waals surface area contributed by atoms with Crippen molar-refractivity contribution < 1.29 is 19.4 Å². The average molecular weight is 272 g/mol. The summed E-state index contributed by atoms with van der Waals surface area (Å²) in [6.07, 6.45) is 5.03. The van der Waals surface area contributed by atoms with Crippen molar-refractivity contribution in [3.05, 3.63) is 0 Å². The lowest BCUT2D eigenvalue weighted by molar-refractivity contribution is -0.137. The lowest BCUT2D eigenvalue weighted by Gasteiger charge is -2.20. The van der Waals surface area contributed by atoms with E-state index in [2.05, 4.69) is 5.32 Å². The van der Waals surface area contributed by atoms with E-state index in [1.165, 1.54) is 17.7 Å². The van der Waals surface area contributed by atoms with Crippen molar-refractivity contribution in [1.82, 2.24) is 10.2 Å². The Morgan fingerprint density at radius 1 is 1.37 bits per heavy atom. The molecule has 0 saturated heterocycles. The molecule has 2 amide bonds. The minimum Gasteiger partial charge on any atom is -0.481 e. The van der Waals surface area contributed by atoms with E-state index in [1.807, 2.05) is 6.92 Å². The Hall–Kier alpha value is -1.30. The van der Waals surface area contributed by atoms with Gasteiger partial charge in [0.05, 0.1) is 19.1 Å². The number of hydrogen-bond donors (Lipinski definition) is 2. The smallest absolute Gasteiger partial charge is 0.317 e. The highest BCUT2D eigenvalue weighted by molar-refractivity contribution is 5.75. The Morgan fingerprint density at radius 3 is 2.63 bits per heavy atom. The van der Waals surface area contributed by atoms with Crippen LogP contribution in [-0.4, -0.2) is 54.4 Å². The molecular formula is C13H24N2O4. The van der Waals surface area contributed by atoms with Crippen LogP contribution in [0.15, 0.2) is 0 Å². The van der Waals surface area contributed by atoms with Crippen LogP contribution in [0.4, 0.5) is 4.79 Å².